The van der Waals surface area contributed by atoms with Crippen LogP contribution < -0.4 is 0 Å². The Bertz CT molecular complexity index is 516. The molecule has 2 aromatic rings. The van der Waals surface area contributed by atoms with Crippen molar-refractivity contribution in [2.75, 3.05) is 6.61 Å². The normalized spacial score (nSPS) is 9.42. The highest BCUT2D eigenvalue weighted by atomic mass is 16.6. The van der Waals surface area contributed by atoms with Gasteiger partial charge in [-0.05, 0) is 31.2 Å². The van der Waals surface area contributed by atoms with Gasteiger partial charge in [-0.15, -0.1) is 0 Å². The summed E-state index contributed by atoms with van der Waals surface area (Å²) < 4.78 is 9.66. The monoisotopic (exact) mass is 263 g/mol. The lowest BCUT2D eigenvalue weighted by Gasteiger charge is -1.95. The maximum Gasteiger partial charge on any atom is 0.377 e. The summed E-state index contributed by atoms with van der Waals surface area (Å²) >= 11 is 0. The van der Waals surface area contributed by atoms with Crippen molar-refractivity contribution in [3.63, 3.8) is 0 Å². The molecule has 1 heterocycles. The summed E-state index contributed by atoms with van der Waals surface area (Å²) in [5.74, 6) is -0.303. The number of carbonyl (C=O) groups is 1. The van der Waals surface area contributed by atoms with Crippen molar-refractivity contribution in [1.29, 1.82) is 0 Å². The van der Waals surface area contributed by atoms with Gasteiger partial charge < -0.3 is 14.4 Å². The van der Waals surface area contributed by atoms with Crippen molar-refractivity contribution in [1.82, 2.24) is 5.16 Å². The maximum atomic E-state index is 11.3. The number of phenols is 1. The lowest BCUT2D eigenvalue weighted by atomic mass is 10.1. The molecule has 0 spiro atoms. The minimum absolute atomic E-state index is 0.0647. The largest absolute Gasteiger partial charge is 0.508 e. The number of benzene rings is 1. The Morgan fingerprint density at radius 1 is 1.32 bits per heavy atom. The van der Waals surface area contributed by atoms with Crippen molar-refractivity contribution >= 4 is 5.97 Å². The highest BCUT2D eigenvalue weighted by Crippen LogP contribution is 2.21. The molecule has 0 radical (unpaired) electrons. The molecule has 19 heavy (non-hydrogen) atoms. The maximum absolute atomic E-state index is 11.3. The zero-order chi connectivity index (χ0) is 14.3. The van der Waals surface area contributed by atoms with Crippen molar-refractivity contribution < 1.29 is 19.2 Å². The van der Waals surface area contributed by atoms with E-state index in [9.17, 15) is 4.79 Å². The van der Waals surface area contributed by atoms with E-state index in [-0.39, 0.29) is 18.1 Å². The first-order valence-electron chi connectivity index (χ1n) is 6.14. The van der Waals surface area contributed by atoms with Crippen LogP contribution >= 0.6 is 0 Å². The summed E-state index contributed by atoms with van der Waals surface area (Å²) in [4.78, 5) is 11.3. The van der Waals surface area contributed by atoms with Gasteiger partial charge in [0, 0.05) is 11.6 Å². The van der Waals surface area contributed by atoms with Gasteiger partial charge in [0.1, 0.15) is 11.4 Å². The molecule has 0 bridgehead atoms. The molecule has 0 amide bonds. The van der Waals surface area contributed by atoms with E-state index in [0.29, 0.717) is 5.69 Å². The number of aromatic hydroxyl groups is 1. The van der Waals surface area contributed by atoms with Crippen LogP contribution in [-0.2, 0) is 4.74 Å². The van der Waals surface area contributed by atoms with E-state index >= 15 is 0 Å². The van der Waals surface area contributed by atoms with Crippen LogP contribution in [0.1, 0.15) is 31.3 Å². The Labute approximate surface area is 111 Å². The Kier molecular flexibility index (Phi) is 5.60. The van der Waals surface area contributed by atoms with E-state index in [4.69, 9.17) is 14.4 Å². The van der Waals surface area contributed by atoms with Crippen LogP contribution in [-0.4, -0.2) is 22.8 Å². The van der Waals surface area contributed by atoms with Crippen molar-refractivity contribution in [2.24, 2.45) is 0 Å². The highest BCUT2D eigenvalue weighted by Gasteiger charge is 2.14. The zero-order valence-corrected chi connectivity index (χ0v) is 11.2. The predicted molar refractivity (Wildman–Crippen MR) is 70.9 cm³/mol. The Hall–Kier alpha value is -2.30. The van der Waals surface area contributed by atoms with Crippen molar-refractivity contribution in [3.8, 4) is 17.0 Å². The molecule has 0 atom stereocenters. The molecule has 0 unspecified atom stereocenters. The molecule has 102 valence electrons. The van der Waals surface area contributed by atoms with E-state index in [1.807, 2.05) is 13.8 Å². The lowest BCUT2D eigenvalue weighted by Crippen LogP contribution is -2.02. The Morgan fingerprint density at radius 3 is 2.53 bits per heavy atom. The summed E-state index contributed by atoms with van der Waals surface area (Å²) in [5.41, 5.74) is 1.27. The number of nitrogens with zero attached hydrogens (tertiary/aromatic N) is 1. The molecule has 5 nitrogen and oxygen atoms in total. The number of aromatic nitrogens is 1. The standard InChI is InChI=1S/C12H11NO4.C2H6/c1-2-16-12(15)11-7-10(13-17-11)8-3-5-9(14)6-4-8;1-2/h3-7,14H,2H2,1H3;1-2H3. The van der Waals surface area contributed by atoms with E-state index < -0.39 is 5.97 Å². The molecule has 0 saturated heterocycles. The minimum atomic E-state index is -0.537. The first kappa shape index (κ1) is 14.8. The molecule has 1 N–H and O–H groups in total. The van der Waals surface area contributed by atoms with Gasteiger partial charge in [-0.1, -0.05) is 19.0 Å². The second-order valence-electron chi connectivity index (χ2n) is 3.34. The highest BCUT2D eigenvalue weighted by molar-refractivity contribution is 5.87. The second-order valence-corrected chi connectivity index (χ2v) is 3.34. The number of carbonyl (C=O) groups excluding carboxylic acids is 1. The summed E-state index contributed by atoms with van der Waals surface area (Å²) in [5, 5.41) is 12.9. The molecular weight excluding hydrogens is 246 g/mol. The molecule has 0 saturated carbocycles. The summed E-state index contributed by atoms with van der Waals surface area (Å²) in [7, 11) is 0. The summed E-state index contributed by atoms with van der Waals surface area (Å²) in [6.07, 6.45) is 0. The third kappa shape index (κ3) is 3.84. The molecule has 2 rings (SSSR count). The predicted octanol–water partition coefficient (Wildman–Crippen LogP) is 3.25. The Balaban J connectivity index is 0.000000861. The van der Waals surface area contributed by atoms with Crippen LogP contribution in [0.3, 0.4) is 0 Å². The fourth-order valence-electron chi connectivity index (χ4n) is 1.34. The number of ether oxygens (including phenoxy) is 1. The van der Waals surface area contributed by atoms with Gasteiger partial charge in [-0.25, -0.2) is 4.79 Å². The number of esters is 1. The van der Waals surface area contributed by atoms with Gasteiger partial charge in [0.2, 0.25) is 5.76 Å². The fourth-order valence-corrected chi connectivity index (χ4v) is 1.34. The molecule has 1 aromatic carbocycles. The third-order valence-corrected chi connectivity index (χ3v) is 2.15. The van der Waals surface area contributed by atoms with Crippen LogP contribution in [0, 0.1) is 0 Å². The van der Waals surface area contributed by atoms with Crippen LogP contribution in [0.4, 0.5) is 0 Å². The molecule has 0 aliphatic heterocycles. The van der Waals surface area contributed by atoms with E-state index in [1.54, 1.807) is 19.1 Å². The molecule has 0 aliphatic rings. The number of hydrogen-bond acceptors (Lipinski definition) is 5. The van der Waals surface area contributed by atoms with Crippen molar-refractivity contribution in [2.45, 2.75) is 20.8 Å². The third-order valence-electron chi connectivity index (χ3n) is 2.15. The average molecular weight is 263 g/mol. The fraction of sp³-hybridized carbons (Fsp3) is 0.286. The van der Waals surface area contributed by atoms with Gasteiger partial charge in [-0.3, -0.25) is 0 Å². The summed E-state index contributed by atoms with van der Waals surface area (Å²) in [6, 6.07) is 7.94. The minimum Gasteiger partial charge on any atom is -0.508 e. The second kappa shape index (κ2) is 7.20. The van der Waals surface area contributed by atoms with Crippen LogP contribution in [0.2, 0.25) is 0 Å². The molecular formula is C14H17NO4. The zero-order valence-electron chi connectivity index (χ0n) is 11.2. The molecule has 5 heteroatoms. The van der Waals surface area contributed by atoms with E-state index in [2.05, 4.69) is 5.16 Å². The number of hydrogen-bond donors (Lipinski definition) is 1. The van der Waals surface area contributed by atoms with Crippen LogP contribution in [0.5, 0.6) is 5.75 Å². The molecule has 1 aromatic heterocycles. The smallest absolute Gasteiger partial charge is 0.377 e. The van der Waals surface area contributed by atoms with Crippen LogP contribution in [0.15, 0.2) is 34.9 Å². The van der Waals surface area contributed by atoms with Crippen molar-refractivity contribution in [3.05, 3.63) is 36.1 Å². The number of rotatable bonds is 3. The van der Waals surface area contributed by atoms with Gasteiger partial charge in [0.25, 0.3) is 0 Å². The molecule has 0 fully saturated rings. The van der Waals surface area contributed by atoms with E-state index in [0.717, 1.165) is 5.56 Å². The van der Waals surface area contributed by atoms with Crippen LogP contribution in [0.25, 0.3) is 11.3 Å². The first-order valence-corrected chi connectivity index (χ1v) is 6.14. The SMILES string of the molecule is CC.CCOC(=O)c1cc(-c2ccc(O)cc2)no1. The Morgan fingerprint density at radius 2 is 1.95 bits per heavy atom. The van der Waals surface area contributed by atoms with Gasteiger partial charge in [-0.2, -0.15) is 0 Å². The topological polar surface area (TPSA) is 72.6 Å². The average Bonchev–Trinajstić information content (AvgIpc) is 2.92. The number of phenolic OH excluding ortho intramolecular Hbond substituents is 1. The van der Waals surface area contributed by atoms with Gasteiger partial charge in [0.15, 0.2) is 0 Å². The van der Waals surface area contributed by atoms with Gasteiger partial charge in [0.05, 0.1) is 6.61 Å². The quantitative estimate of drug-likeness (QED) is 0.860. The van der Waals surface area contributed by atoms with E-state index in [1.165, 1.54) is 18.2 Å². The first-order chi connectivity index (χ1) is 9.20. The molecule has 0 aliphatic carbocycles. The van der Waals surface area contributed by atoms with Gasteiger partial charge >= 0.3 is 5.97 Å². The summed E-state index contributed by atoms with van der Waals surface area (Å²) in [6.45, 7) is 6.00. The lowest BCUT2D eigenvalue weighted by molar-refractivity contribution is 0.0480.